The van der Waals surface area contributed by atoms with Crippen molar-refractivity contribution in [1.82, 2.24) is 4.90 Å². The van der Waals surface area contributed by atoms with Crippen molar-refractivity contribution in [2.24, 2.45) is 5.73 Å². The highest BCUT2D eigenvalue weighted by molar-refractivity contribution is 5.97. The first-order valence-corrected chi connectivity index (χ1v) is 4.25. The van der Waals surface area contributed by atoms with Gasteiger partial charge in [0.1, 0.15) is 0 Å². The molecule has 0 aromatic rings. The number of imide groups is 1. The van der Waals surface area contributed by atoms with Crippen LogP contribution in [-0.4, -0.2) is 29.3 Å². The summed E-state index contributed by atoms with van der Waals surface area (Å²) >= 11 is 0. The topological polar surface area (TPSA) is 63.4 Å². The molecule has 0 aromatic carbocycles. The van der Waals surface area contributed by atoms with Gasteiger partial charge in [0.15, 0.2) is 0 Å². The Balaban J connectivity index is 2.70. The fraction of sp³-hybridized carbons (Fsp3) is 0.750. The van der Waals surface area contributed by atoms with Crippen molar-refractivity contribution in [2.75, 3.05) is 6.54 Å². The van der Waals surface area contributed by atoms with Crippen molar-refractivity contribution in [1.29, 1.82) is 0 Å². The highest BCUT2D eigenvalue weighted by Crippen LogP contribution is 2.18. The lowest BCUT2D eigenvalue weighted by molar-refractivity contribution is -0.143. The normalized spacial score (nSPS) is 23.3. The highest BCUT2D eigenvalue weighted by Gasteiger charge is 2.33. The number of likely N-dealkylation sites (tertiary alicyclic amines) is 1. The molecule has 4 nitrogen and oxygen atoms in total. The van der Waals surface area contributed by atoms with Crippen LogP contribution in [0.5, 0.6) is 0 Å². The molecule has 0 radical (unpaired) electrons. The monoisotopic (exact) mass is 170 g/mol. The molecule has 0 aliphatic carbocycles. The average Bonchev–Trinajstić information content (AvgIpc) is 2.45. The van der Waals surface area contributed by atoms with Crippen LogP contribution in [0.1, 0.15) is 26.2 Å². The van der Waals surface area contributed by atoms with E-state index in [2.05, 4.69) is 0 Å². The summed E-state index contributed by atoms with van der Waals surface area (Å²) in [6.07, 6.45) is 1.57. The maximum atomic E-state index is 11.2. The van der Waals surface area contributed by atoms with Crippen molar-refractivity contribution in [2.45, 2.75) is 32.2 Å². The maximum Gasteiger partial charge on any atom is 0.229 e. The number of hydrogen-bond donors (Lipinski definition) is 1. The van der Waals surface area contributed by atoms with Gasteiger partial charge in [0.2, 0.25) is 11.8 Å². The van der Waals surface area contributed by atoms with Crippen LogP contribution in [0.2, 0.25) is 0 Å². The van der Waals surface area contributed by atoms with Crippen LogP contribution in [0.4, 0.5) is 0 Å². The zero-order chi connectivity index (χ0) is 9.14. The van der Waals surface area contributed by atoms with Crippen molar-refractivity contribution in [3.8, 4) is 0 Å². The van der Waals surface area contributed by atoms with Crippen LogP contribution in [0.15, 0.2) is 0 Å². The second-order valence-electron chi connectivity index (χ2n) is 2.94. The van der Waals surface area contributed by atoms with Crippen LogP contribution >= 0.6 is 0 Å². The second-order valence-corrected chi connectivity index (χ2v) is 2.94. The van der Waals surface area contributed by atoms with E-state index >= 15 is 0 Å². The molecule has 1 rings (SSSR count). The van der Waals surface area contributed by atoms with E-state index in [0.717, 1.165) is 6.42 Å². The molecule has 1 aliphatic rings. The van der Waals surface area contributed by atoms with E-state index in [1.165, 1.54) is 4.90 Å². The first-order chi connectivity index (χ1) is 5.70. The molecule has 2 N–H and O–H groups in total. The molecule has 0 aromatic heterocycles. The lowest BCUT2D eigenvalue weighted by atomic mass is 10.2. The largest absolute Gasteiger partial charge is 0.328 e. The number of nitrogens with zero attached hydrogens (tertiary/aromatic N) is 1. The fourth-order valence-corrected chi connectivity index (χ4v) is 1.48. The van der Waals surface area contributed by atoms with Gasteiger partial charge >= 0.3 is 0 Å². The fourth-order valence-electron chi connectivity index (χ4n) is 1.48. The summed E-state index contributed by atoms with van der Waals surface area (Å²) in [7, 11) is 0. The molecule has 1 atom stereocenters. The molecule has 0 bridgehead atoms. The van der Waals surface area contributed by atoms with Gasteiger partial charge in [0.25, 0.3) is 0 Å². The van der Waals surface area contributed by atoms with E-state index in [4.69, 9.17) is 5.73 Å². The summed E-state index contributed by atoms with van der Waals surface area (Å²) in [5.41, 5.74) is 5.43. The smallest absolute Gasteiger partial charge is 0.229 e. The van der Waals surface area contributed by atoms with Gasteiger partial charge in [0.05, 0.1) is 6.04 Å². The first-order valence-electron chi connectivity index (χ1n) is 4.25. The van der Waals surface area contributed by atoms with Gasteiger partial charge in [-0.15, -0.1) is 0 Å². The molecule has 2 amide bonds. The van der Waals surface area contributed by atoms with Crippen LogP contribution in [0.25, 0.3) is 0 Å². The molecule has 1 aliphatic heterocycles. The number of hydrogen-bond acceptors (Lipinski definition) is 3. The van der Waals surface area contributed by atoms with Gasteiger partial charge in [-0.25, -0.2) is 0 Å². The van der Waals surface area contributed by atoms with Crippen molar-refractivity contribution in [3.05, 3.63) is 0 Å². The van der Waals surface area contributed by atoms with E-state index in [0.29, 0.717) is 19.4 Å². The Hall–Kier alpha value is -0.900. The molecule has 0 saturated carbocycles. The molecule has 1 unspecified atom stereocenters. The number of amides is 2. The van der Waals surface area contributed by atoms with Crippen LogP contribution < -0.4 is 5.73 Å². The minimum atomic E-state index is -0.104. The molecule has 1 fully saturated rings. The highest BCUT2D eigenvalue weighted by atomic mass is 16.2. The van der Waals surface area contributed by atoms with Gasteiger partial charge in [0, 0.05) is 19.4 Å². The Morgan fingerprint density at radius 1 is 1.75 bits per heavy atom. The third-order valence-electron chi connectivity index (χ3n) is 2.17. The summed E-state index contributed by atoms with van der Waals surface area (Å²) < 4.78 is 0. The van der Waals surface area contributed by atoms with E-state index in [9.17, 15) is 9.59 Å². The van der Waals surface area contributed by atoms with Gasteiger partial charge < -0.3 is 5.73 Å². The number of carbonyl (C=O) groups excluding carboxylic acids is 2. The summed E-state index contributed by atoms with van der Waals surface area (Å²) in [5, 5.41) is 0. The summed E-state index contributed by atoms with van der Waals surface area (Å²) in [6, 6.07) is -0.0510. The first kappa shape index (κ1) is 9.19. The Bertz CT molecular complexity index is 203. The Labute approximate surface area is 71.7 Å². The number of carbonyl (C=O) groups is 2. The average molecular weight is 170 g/mol. The third kappa shape index (κ3) is 1.48. The molecule has 0 spiro atoms. The zero-order valence-corrected chi connectivity index (χ0v) is 7.25. The molecule has 4 heteroatoms. The summed E-state index contributed by atoms with van der Waals surface area (Å²) in [5.74, 6) is -0.176. The molecular formula is C8H14N2O2. The van der Waals surface area contributed by atoms with Gasteiger partial charge in [-0.05, 0) is 6.42 Å². The minimum Gasteiger partial charge on any atom is -0.328 e. The predicted molar refractivity (Wildman–Crippen MR) is 44.2 cm³/mol. The van der Waals surface area contributed by atoms with Crippen LogP contribution in [0.3, 0.4) is 0 Å². The van der Waals surface area contributed by atoms with Crippen molar-refractivity contribution < 1.29 is 9.59 Å². The van der Waals surface area contributed by atoms with E-state index < -0.39 is 0 Å². The molecular weight excluding hydrogens is 156 g/mol. The number of rotatable bonds is 2. The summed E-state index contributed by atoms with van der Waals surface area (Å²) in [6.45, 7) is 2.14. The summed E-state index contributed by atoms with van der Waals surface area (Å²) in [4.78, 5) is 23.8. The predicted octanol–water partition coefficient (Wildman–Crippen LogP) is -0.127. The Kier molecular flexibility index (Phi) is 2.81. The minimum absolute atomic E-state index is 0.0510. The van der Waals surface area contributed by atoms with Gasteiger partial charge in [-0.1, -0.05) is 6.92 Å². The van der Waals surface area contributed by atoms with Gasteiger partial charge in [-0.3, -0.25) is 14.5 Å². The quantitative estimate of drug-likeness (QED) is 0.628. The SMILES string of the molecule is CCC(=O)N1C(=O)CCC1CN. The van der Waals surface area contributed by atoms with Crippen molar-refractivity contribution in [3.63, 3.8) is 0 Å². The third-order valence-corrected chi connectivity index (χ3v) is 2.17. The van der Waals surface area contributed by atoms with Crippen LogP contribution in [-0.2, 0) is 9.59 Å². The second kappa shape index (κ2) is 3.67. The van der Waals surface area contributed by atoms with Crippen LogP contribution in [0, 0.1) is 0 Å². The molecule has 1 saturated heterocycles. The standard InChI is InChI=1S/C8H14N2O2/c1-2-7(11)10-6(5-9)3-4-8(10)12/h6H,2-5,9H2,1H3. The van der Waals surface area contributed by atoms with E-state index in [-0.39, 0.29) is 17.9 Å². The zero-order valence-electron chi connectivity index (χ0n) is 7.25. The Morgan fingerprint density at radius 2 is 2.42 bits per heavy atom. The maximum absolute atomic E-state index is 11.2. The van der Waals surface area contributed by atoms with Crippen molar-refractivity contribution >= 4 is 11.8 Å². The molecule has 1 heterocycles. The molecule has 12 heavy (non-hydrogen) atoms. The number of nitrogens with two attached hydrogens (primary N) is 1. The lowest BCUT2D eigenvalue weighted by Gasteiger charge is -2.20. The van der Waals surface area contributed by atoms with Gasteiger partial charge in [-0.2, -0.15) is 0 Å². The van der Waals surface area contributed by atoms with E-state index in [1.54, 1.807) is 6.92 Å². The lowest BCUT2D eigenvalue weighted by Crippen LogP contribution is -2.42. The Morgan fingerprint density at radius 3 is 2.92 bits per heavy atom. The molecule has 68 valence electrons. The van der Waals surface area contributed by atoms with E-state index in [1.807, 2.05) is 0 Å².